The van der Waals surface area contributed by atoms with Gasteiger partial charge in [-0.2, -0.15) is 5.10 Å². The fourth-order valence-electron chi connectivity index (χ4n) is 3.87. The van der Waals surface area contributed by atoms with Crippen LogP contribution in [-0.2, 0) is 11.3 Å². The average Bonchev–Trinajstić information content (AvgIpc) is 3.49. The average molecular weight is 434 g/mol. The molecule has 1 amide bonds. The highest BCUT2D eigenvalue weighted by Crippen LogP contribution is 2.30. The molecule has 0 spiro atoms. The topological polar surface area (TPSA) is 72.3 Å². The Bertz CT molecular complexity index is 1210. The number of carbonyl (C=O) groups excluding carboxylic acids is 1. The molecule has 0 bridgehead atoms. The molecule has 1 aromatic carbocycles. The molecule has 0 atom stereocenters. The van der Waals surface area contributed by atoms with Gasteiger partial charge in [0, 0.05) is 19.6 Å². The van der Waals surface area contributed by atoms with E-state index in [1.807, 2.05) is 59.5 Å². The highest BCUT2D eigenvalue weighted by molar-refractivity contribution is 7.13. The lowest BCUT2D eigenvalue weighted by Gasteiger charge is -2.30. The molecule has 4 aromatic rings. The summed E-state index contributed by atoms with van der Waals surface area (Å²) in [6.07, 6.45) is 1.73. The number of benzene rings is 1. The molecule has 1 saturated heterocycles. The Morgan fingerprint density at radius 2 is 2.03 bits per heavy atom. The van der Waals surface area contributed by atoms with Crippen LogP contribution in [-0.4, -0.2) is 47.0 Å². The Morgan fingerprint density at radius 3 is 2.81 bits per heavy atom. The number of amides is 1. The zero-order valence-electron chi connectivity index (χ0n) is 17.2. The highest BCUT2D eigenvalue weighted by atomic mass is 32.1. The van der Waals surface area contributed by atoms with Crippen LogP contribution in [0.1, 0.15) is 17.3 Å². The van der Waals surface area contributed by atoms with E-state index in [9.17, 15) is 4.79 Å². The Morgan fingerprint density at radius 1 is 1.19 bits per heavy atom. The number of hydrogen-bond donors (Lipinski definition) is 1. The maximum atomic E-state index is 13.5. The van der Waals surface area contributed by atoms with Crippen molar-refractivity contribution in [3.8, 4) is 10.6 Å². The van der Waals surface area contributed by atoms with Crippen molar-refractivity contribution in [2.24, 2.45) is 0 Å². The van der Waals surface area contributed by atoms with Gasteiger partial charge in [-0.3, -0.25) is 4.79 Å². The van der Waals surface area contributed by atoms with Crippen LogP contribution in [0.25, 0.3) is 21.6 Å². The molecule has 8 heteroatoms. The van der Waals surface area contributed by atoms with Crippen LogP contribution in [0.5, 0.6) is 0 Å². The van der Waals surface area contributed by atoms with Gasteiger partial charge in [0.2, 0.25) is 0 Å². The van der Waals surface area contributed by atoms with Gasteiger partial charge in [-0.1, -0.05) is 18.2 Å². The van der Waals surface area contributed by atoms with E-state index in [2.05, 4.69) is 15.3 Å². The van der Waals surface area contributed by atoms with Gasteiger partial charge in [-0.15, -0.1) is 11.3 Å². The van der Waals surface area contributed by atoms with Crippen molar-refractivity contribution in [3.05, 3.63) is 59.6 Å². The quantitative estimate of drug-likeness (QED) is 0.509. The van der Waals surface area contributed by atoms with E-state index in [1.54, 1.807) is 17.5 Å². The fourth-order valence-corrected chi connectivity index (χ4v) is 4.55. The molecular weight excluding hydrogens is 410 g/mol. The molecule has 31 heavy (non-hydrogen) atoms. The lowest BCUT2D eigenvalue weighted by molar-refractivity contribution is 0.102. The normalized spacial score (nSPS) is 14.2. The van der Waals surface area contributed by atoms with Gasteiger partial charge in [0.1, 0.15) is 0 Å². The minimum atomic E-state index is -0.165. The number of morpholine rings is 1. The van der Waals surface area contributed by atoms with Gasteiger partial charge in [0.25, 0.3) is 5.91 Å². The molecule has 158 valence electrons. The summed E-state index contributed by atoms with van der Waals surface area (Å²) in [5, 5.41) is 10.3. The summed E-state index contributed by atoms with van der Waals surface area (Å²) in [5.41, 5.74) is 3.88. The van der Waals surface area contributed by atoms with Crippen LogP contribution >= 0.6 is 11.3 Å². The maximum Gasteiger partial charge on any atom is 0.256 e. The number of ether oxygens (including phenoxy) is 1. The van der Waals surface area contributed by atoms with Crippen LogP contribution < -0.4 is 10.2 Å². The van der Waals surface area contributed by atoms with E-state index in [0.29, 0.717) is 25.3 Å². The largest absolute Gasteiger partial charge is 0.378 e. The first-order chi connectivity index (χ1) is 15.2. The summed E-state index contributed by atoms with van der Waals surface area (Å²) in [4.78, 5) is 21.5. The molecule has 4 heterocycles. The third kappa shape index (κ3) is 3.80. The van der Waals surface area contributed by atoms with Gasteiger partial charge in [0.05, 0.1) is 52.3 Å². The van der Waals surface area contributed by atoms with E-state index in [0.717, 1.165) is 46.1 Å². The van der Waals surface area contributed by atoms with Crippen LogP contribution in [0.15, 0.2) is 54.0 Å². The third-order valence-corrected chi connectivity index (χ3v) is 6.32. The van der Waals surface area contributed by atoms with Crippen molar-refractivity contribution in [1.82, 2.24) is 14.8 Å². The van der Waals surface area contributed by atoms with Crippen molar-refractivity contribution in [2.45, 2.75) is 13.5 Å². The number of fused-ring (bicyclic) bond motifs is 1. The van der Waals surface area contributed by atoms with E-state index in [-0.39, 0.29) is 5.91 Å². The molecule has 5 rings (SSSR count). The third-order valence-electron chi connectivity index (χ3n) is 5.43. The molecule has 3 aromatic heterocycles. The number of rotatable bonds is 5. The molecule has 0 aliphatic carbocycles. The molecule has 1 fully saturated rings. The van der Waals surface area contributed by atoms with Crippen molar-refractivity contribution in [1.29, 1.82) is 0 Å². The monoisotopic (exact) mass is 433 g/mol. The van der Waals surface area contributed by atoms with Gasteiger partial charge < -0.3 is 15.0 Å². The van der Waals surface area contributed by atoms with Gasteiger partial charge >= 0.3 is 0 Å². The van der Waals surface area contributed by atoms with Crippen LogP contribution in [0, 0.1) is 0 Å². The van der Waals surface area contributed by atoms with Crippen LogP contribution in [0.4, 0.5) is 11.4 Å². The Balaban J connectivity index is 1.54. The van der Waals surface area contributed by atoms with E-state index in [4.69, 9.17) is 9.72 Å². The second kappa shape index (κ2) is 8.49. The van der Waals surface area contributed by atoms with E-state index >= 15 is 0 Å². The van der Waals surface area contributed by atoms with E-state index < -0.39 is 0 Å². The van der Waals surface area contributed by atoms with Crippen molar-refractivity contribution >= 4 is 39.7 Å². The van der Waals surface area contributed by atoms with Crippen LogP contribution in [0.2, 0.25) is 0 Å². The lowest BCUT2D eigenvalue weighted by Crippen LogP contribution is -2.36. The van der Waals surface area contributed by atoms with Crippen LogP contribution in [0.3, 0.4) is 0 Å². The van der Waals surface area contributed by atoms with Gasteiger partial charge in [0.15, 0.2) is 5.65 Å². The number of para-hydroxylation sites is 2. The number of nitrogens with zero attached hydrogens (tertiary/aromatic N) is 4. The number of anilines is 2. The number of aryl methyl sites for hydroxylation is 1. The highest BCUT2D eigenvalue weighted by Gasteiger charge is 2.20. The first kappa shape index (κ1) is 19.7. The zero-order valence-corrected chi connectivity index (χ0v) is 18.1. The molecule has 1 aliphatic rings. The van der Waals surface area contributed by atoms with Gasteiger partial charge in [-0.05, 0) is 36.6 Å². The molecular formula is C23H23N5O2S. The second-order valence-electron chi connectivity index (χ2n) is 7.30. The Kier molecular flexibility index (Phi) is 5.40. The standard InChI is InChI=1S/C23H23N5O2S/c1-2-28-22-17(15-24-28)16(14-19(25-22)21-8-5-13-31-21)23(29)26-18-6-3-4-7-20(18)27-9-11-30-12-10-27/h3-8,13-15H,2,9-12H2,1H3,(H,26,29). The predicted octanol–water partition coefficient (Wildman–Crippen LogP) is 4.27. The Hall–Kier alpha value is -3.23. The predicted molar refractivity (Wildman–Crippen MR) is 124 cm³/mol. The number of thiophene rings is 1. The molecule has 0 unspecified atom stereocenters. The van der Waals surface area contributed by atoms with Crippen molar-refractivity contribution in [3.63, 3.8) is 0 Å². The summed E-state index contributed by atoms with van der Waals surface area (Å²) in [7, 11) is 0. The second-order valence-corrected chi connectivity index (χ2v) is 8.25. The lowest BCUT2D eigenvalue weighted by atomic mass is 10.1. The molecule has 7 nitrogen and oxygen atoms in total. The smallest absolute Gasteiger partial charge is 0.256 e. The first-order valence-corrected chi connectivity index (χ1v) is 11.3. The summed E-state index contributed by atoms with van der Waals surface area (Å²) < 4.78 is 7.30. The van der Waals surface area contributed by atoms with Crippen molar-refractivity contribution < 1.29 is 9.53 Å². The number of nitrogens with one attached hydrogen (secondary N) is 1. The Labute approximate surface area is 184 Å². The SMILES string of the molecule is CCn1ncc2c(C(=O)Nc3ccccc3N3CCOCC3)cc(-c3cccs3)nc21. The summed E-state index contributed by atoms with van der Waals surface area (Å²) in [6.45, 7) is 5.69. The molecule has 1 aliphatic heterocycles. The minimum Gasteiger partial charge on any atom is -0.378 e. The number of pyridine rings is 1. The van der Waals surface area contributed by atoms with Crippen molar-refractivity contribution in [2.75, 3.05) is 36.5 Å². The maximum absolute atomic E-state index is 13.5. The summed E-state index contributed by atoms with van der Waals surface area (Å²) in [6, 6.07) is 13.8. The summed E-state index contributed by atoms with van der Waals surface area (Å²) in [5.74, 6) is -0.165. The fraction of sp³-hybridized carbons (Fsp3) is 0.261. The molecule has 1 N–H and O–H groups in total. The summed E-state index contributed by atoms with van der Waals surface area (Å²) >= 11 is 1.60. The zero-order chi connectivity index (χ0) is 21.2. The first-order valence-electron chi connectivity index (χ1n) is 10.4. The minimum absolute atomic E-state index is 0.165. The number of carbonyl (C=O) groups is 1. The van der Waals surface area contributed by atoms with Gasteiger partial charge in [-0.25, -0.2) is 9.67 Å². The number of aromatic nitrogens is 3. The van der Waals surface area contributed by atoms with E-state index in [1.165, 1.54) is 0 Å². The molecule has 0 saturated carbocycles. The number of hydrogen-bond acceptors (Lipinski definition) is 6. The molecule has 0 radical (unpaired) electrons.